The molecule has 134 valence electrons. The Bertz CT molecular complexity index is 634. The Morgan fingerprint density at radius 1 is 1.33 bits per heavy atom. The number of β-lactam (4-membered cyclic amide) rings is 1. The molecule has 0 aromatic rings. The third kappa shape index (κ3) is 3.51. The number of carbonyl (C=O) groups is 3. The van der Waals surface area contributed by atoms with Gasteiger partial charge in [-0.05, 0) is 20.8 Å². The van der Waals surface area contributed by atoms with Gasteiger partial charge < -0.3 is 14.2 Å². The van der Waals surface area contributed by atoms with E-state index in [-0.39, 0.29) is 18.1 Å². The Hall–Kier alpha value is -1.74. The van der Waals surface area contributed by atoms with Crippen LogP contribution >= 0.6 is 0 Å². The first-order valence-corrected chi connectivity index (χ1v) is 8.77. The molecule has 0 aromatic carbocycles. The summed E-state index contributed by atoms with van der Waals surface area (Å²) in [5, 5.41) is -0.730. The molecule has 0 aliphatic carbocycles. The van der Waals surface area contributed by atoms with Gasteiger partial charge in [-0.3, -0.25) is 18.7 Å². The summed E-state index contributed by atoms with van der Waals surface area (Å²) in [6, 6.07) is 0. The van der Waals surface area contributed by atoms with Gasteiger partial charge >= 0.3 is 11.9 Å². The van der Waals surface area contributed by atoms with E-state index in [1.54, 1.807) is 20.8 Å². The molecular weight excluding hydrogens is 338 g/mol. The number of amides is 1. The molecule has 8 nitrogen and oxygen atoms in total. The summed E-state index contributed by atoms with van der Waals surface area (Å²) < 4.78 is 27.7. The molecule has 1 fully saturated rings. The van der Waals surface area contributed by atoms with Crippen LogP contribution in [0.3, 0.4) is 0 Å². The van der Waals surface area contributed by atoms with Gasteiger partial charge in [0.1, 0.15) is 23.3 Å². The van der Waals surface area contributed by atoms with E-state index < -0.39 is 45.7 Å². The molecule has 3 atom stereocenters. The zero-order valence-electron chi connectivity index (χ0n) is 14.3. The average Bonchev–Trinajstić information content (AvgIpc) is 2.43. The van der Waals surface area contributed by atoms with Crippen molar-refractivity contribution in [1.82, 2.24) is 4.90 Å². The van der Waals surface area contributed by atoms with Crippen LogP contribution in [-0.2, 0) is 39.4 Å². The fraction of sp³-hybridized carbons (Fsp3) is 0.667. The second kappa shape index (κ2) is 6.64. The lowest BCUT2D eigenvalue weighted by atomic mass is 10.1. The van der Waals surface area contributed by atoms with Crippen LogP contribution in [0.15, 0.2) is 11.3 Å². The van der Waals surface area contributed by atoms with E-state index in [1.807, 2.05) is 0 Å². The number of nitrogens with zero attached hydrogens (tertiary/aromatic N) is 1. The lowest BCUT2D eigenvalue weighted by molar-refractivity contribution is -0.167. The zero-order valence-corrected chi connectivity index (χ0v) is 15.1. The molecule has 2 aliphatic rings. The van der Waals surface area contributed by atoms with Crippen LogP contribution in [0.1, 0.15) is 27.7 Å². The molecule has 2 heterocycles. The Morgan fingerprint density at radius 2 is 1.96 bits per heavy atom. The maximum Gasteiger partial charge on any atom is 0.355 e. The Kier molecular flexibility index (Phi) is 5.14. The van der Waals surface area contributed by atoms with Gasteiger partial charge in [0, 0.05) is 19.6 Å². The van der Waals surface area contributed by atoms with E-state index in [0.29, 0.717) is 5.57 Å². The van der Waals surface area contributed by atoms with Crippen molar-refractivity contribution in [2.45, 2.75) is 44.8 Å². The molecule has 1 saturated heterocycles. The van der Waals surface area contributed by atoms with Crippen molar-refractivity contribution in [2.75, 3.05) is 19.5 Å². The van der Waals surface area contributed by atoms with E-state index in [0.717, 1.165) is 4.90 Å². The minimum Gasteiger partial charge on any atom is -0.461 e. The number of carbonyl (C=O) groups excluding carboxylic acids is 3. The number of hydrogen-bond donors (Lipinski definition) is 0. The standard InChI is InChI=1S/C15H21NO7S/c1-8(17)22-6-9-7-24(20)13-11(21-5)12(18)16(13)10(9)14(19)23-15(2,3)4/h11,13H,6-7H2,1-5H3/t11-,13?,24?/m0/s1. The van der Waals surface area contributed by atoms with E-state index in [2.05, 4.69) is 0 Å². The summed E-state index contributed by atoms with van der Waals surface area (Å²) in [5.41, 5.74) is -0.469. The molecule has 0 aromatic heterocycles. The normalized spacial score (nSPS) is 26.6. The van der Waals surface area contributed by atoms with Gasteiger partial charge in [0.2, 0.25) is 0 Å². The van der Waals surface area contributed by atoms with Gasteiger partial charge in [0.15, 0.2) is 6.10 Å². The summed E-state index contributed by atoms with van der Waals surface area (Å²) >= 11 is 0. The molecule has 9 heteroatoms. The summed E-state index contributed by atoms with van der Waals surface area (Å²) in [6.07, 6.45) is -0.849. The molecule has 0 bridgehead atoms. The van der Waals surface area contributed by atoms with Crippen molar-refractivity contribution in [1.29, 1.82) is 0 Å². The van der Waals surface area contributed by atoms with Gasteiger partial charge in [0.25, 0.3) is 5.91 Å². The van der Waals surface area contributed by atoms with Crippen molar-refractivity contribution in [3.8, 4) is 0 Å². The third-order valence-corrected chi connectivity index (χ3v) is 5.08. The summed E-state index contributed by atoms with van der Waals surface area (Å²) in [7, 11) is -0.111. The zero-order chi connectivity index (χ0) is 18.2. The minimum absolute atomic E-state index is 0.00549. The predicted octanol–water partition coefficient (Wildman–Crippen LogP) is 0.0909. The maximum atomic E-state index is 12.6. The van der Waals surface area contributed by atoms with Crippen LogP contribution in [0.5, 0.6) is 0 Å². The smallest absolute Gasteiger partial charge is 0.355 e. The number of methoxy groups -OCH3 is 1. The summed E-state index contributed by atoms with van der Waals surface area (Å²) in [4.78, 5) is 37.0. The Morgan fingerprint density at radius 3 is 2.46 bits per heavy atom. The van der Waals surface area contributed by atoms with E-state index >= 15 is 0 Å². The highest BCUT2D eigenvalue weighted by Gasteiger charge is 2.57. The fourth-order valence-corrected chi connectivity index (χ4v) is 4.19. The fourth-order valence-electron chi connectivity index (χ4n) is 2.51. The molecule has 0 radical (unpaired) electrons. The lowest BCUT2D eigenvalue weighted by Gasteiger charge is -2.48. The topological polar surface area (TPSA) is 99.2 Å². The molecular formula is C15H21NO7S. The molecule has 24 heavy (non-hydrogen) atoms. The quantitative estimate of drug-likeness (QED) is 0.518. The number of hydrogen-bond acceptors (Lipinski definition) is 7. The van der Waals surface area contributed by atoms with E-state index in [1.165, 1.54) is 14.0 Å². The van der Waals surface area contributed by atoms with Crippen LogP contribution in [-0.4, -0.2) is 63.5 Å². The second-order valence-electron chi connectivity index (χ2n) is 6.51. The van der Waals surface area contributed by atoms with Gasteiger partial charge in [-0.15, -0.1) is 0 Å². The number of ether oxygens (including phenoxy) is 3. The van der Waals surface area contributed by atoms with Crippen molar-refractivity contribution in [3.63, 3.8) is 0 Å². The van der Waals surface area contributed by atoms with Crippen LogP contribution in [0.4, 0.5) is 0 Å². The molecule has 0 N–H and O–H groups in total. The van der Waals surface area contributed by atoms with Crippen LogP contribution < -0.4 is 0 Å². The Balaban J connectivity index is 2.40. The van der Waals surface area contributed by atoms with E-state index in [9.17, 15) is 18.6 Å². The molecule has 0 spiro atoms. The largest absolute Gasteiger partial charge is 0.461 e. The van der Waals surface area contributed by atoms with Crippen molar-refractivity contribution >= 4 is 28.6 Å². The first-order chi connectivity index (χ1) is 11.1. The lowest BCUT2D eigenvalue weighted by Crippen LogP contribution is -2.69. The van der Waals surface area contributed by atoms with Crippen LogP contribution in [0.2, 0.25) is 0 Å². The van der Waals surface area contributed by atoms with Gasteiger partial charge in [-0.2, -0.15) is 0 Å². The molecule has 2 rings (SSSR count). The third-order valence-electron chi connectivity index (χ3n) is 3.45. The number of rotatable bonds is 4. The van der Waals surface area contributed by atoms with Crippen molar-refractivity contribution in [2.24, 2.45) is 0 Å². The highest BCUT2D eigenvalue weighted by molar-refractivity contribution is 7.86. The summed E-state index contributed by atoms with van der Waals surface area (Å²) in [5.74, 6) is -1.70. The van der Waals surface area contributed by atoms with Crippen molar-refractivity contribution in [3.05, 3.63) is 11.3 Å². The monoisotopic (exact) mass is 359 g/mol. The second-order valence-corrected chi connectivity index (χ2v) is 8.05. The average molecular weight is 359 g/mol. The van der Waals surface area contributed by atoms with Gasteiger partial charge in [-0.25, -0.2) is 4.79 Å². The highest BCUT2D eigenvalue weighted by atomic mass is 32.2. The molecule has 0 saturated carbocycles. The number of fused-ring (bicyclic) bond motifs is 1. The number of esters is 2. The SMILES string of the molecule is CO[C@H]1C(=O)N2C(C(=O)OC(C)(C)C)=C(COC(C)=O)CS(=O)C12. The van der Waals surface area contributed by atoms with Gasteiger partial charge in [0.05, 0.1) is 16.6 Å². The molecule has 1 amide bonds. The first kappa shape index (κ1) is 18.6. The minimum atomic E-state index is -1.46. The van der Waals surface area contributed by atoms with E-state index in [4.69, 9.17) is 14.2 Å². The predicted molar refractivity (Wildman–Crippen MR) is 83.9 cm³/mol. The maximum absolute atomic E-state index is 12.6. The summed E-state index contributed by atoms with van der Waals surface area (Å²) in [6.45, 7) is 6.11. The van der Waals surface area contributed by atoms with Crippen molar-refractivity contribution < 1.29 is 32.8 Å². The molecule has 2 unspecified atom stereocenters. The molecule has 2 aliphatic heterocycles. The Labute approximate surface area is 142 Å². The first-order valence-electron chi connectivity index (χ1n) is 7.38. The van der Waals surface area contributed by atoms with Gasteiger partial charge in [-0.1, -0.05) is 0 Å². The highest BCUT2D eigenvalue weighted by Crippen LogP contribution is 2.37. The van der Waals surface area contributed by atoms with Crippen LogP contribution in [0, 0.1) is 0 Å². The van der Waals surface area contributed by atoms with Crippen LogP contribution in [0.25, 0.3) is 0 Å².